The first-order valence-corrected chi connectivity index (χ1v) is 7.46. The molecule has 1 heterocycles. The molecule has 0 spiro atoms. The summed E-state index contributed by atoms with van der Waals surface area (Å²) >= 11 is 0. The molecule has 5 nitrogen and oxygen atoms in total. The Morgan fingerprint density at radius 1 is 1.15 bits per heavy atom. The Kier molecular flexibility index (Phi) is 4.30. The molecule has 0 atom stereocenters. The number of methoxy groups -OCH3 is 1. The van der Waals surface area contributed by atoms with Crippen LogP contribution in [0.25, 0.3) is 16.9 Å². The third-order valence-corrected chi connectivity index (χ3v) is 3.82. The van der Waals surface area contributed by atoms with Gasteiger partial charge in [0, 0.05) is 11.6 Å². The van der Waals surface area contributed by atoms with E-state index < -0.39 is 11.7 Å². The van der Waals surface area contributed by atoms with E-state index in [4.69, 9.17) is 10.5 Å². The normalized spacial score (nSPS) is 11.2. The van der Waals surface area contributed by atoms with Crippen LogP contribution in [-0.4, -0.2) is 16.9 Å². The van der Waals surface area contributed by atoms with E-state index in [2.05, 4.69) is 5.10 Å². The van der Waals surface area contributed by atoms with Gasteiger partial charge in [0.15, 0.2) is 0 Å². The molecule has 132 valence electrons. The maximum Gasteiger partial charge on any atom is 0.416 e. The zero-order valence-corrected chi connectivity index (χ0v) is 13.6. The Morgan fingerprint density at radius 2 is 1.85 bits per heavy atom. The van der Waals surface area contributed by atoms with Gasteiger partial charge < -0.3 is 10.5 Å². The van der Waals surface area contributed by atoms with Gasteiger partial charge in [-0.3, -0.25) is 0 Å². The van der Waals surface area contributed by atoms with Crippen molar-refractivity contribution in [3.63, 3.8) is 0 Å². The zero-order chi connectivity index (χ0) is 18.9. The monoisotopic (exact) mass is 358 g/mol. The number of nitrogen functional groups attached to an aromatic ring is 1. The lowest BCUT2D eigenvalue weighted by molar-refractivity contribution is -0.137. The Morgan fingerprint density at radius 3 is 2.42 bits per heavy atom. The molecule has 0 fully saturated rings. The fourth-order valence-corrected chi connectivity index (χ4v) is 2.50. The average molecular weight is 358 g/mol. The summed E-state index contributed by atoms with van der Waals surface area (Å²) in [4.78, 5) is 0. The molecular formula is C18H13F3N4O. The first-order valence-electron chi connectivity index (χ1n) is 7.46. The van der Waals surface area contributed by atoms with E-state index in [1.807, 2.05) is 6.07 Å². The number of alkyl halides is 3. The third kappa shape index (κ3) is 3.07. The van der Waals surface area contributed by atoms with Gasteiger partial charge in [-0.25, -0.2) is 4.68 Å². The van der Waals surface area contributed by atoms with Crippen LogP contribution in [0.3, 0.4) is 0 Å². The van der Waals surface area contributed by atoms with E-state index in [0.717, 1.165) is 12.1 Å². The molecule has 0 saturated carbocycles. The molecule has 3 aromatic rings. The lowest BCUT2D eigenvalue weighted by Crippen LogP contribution is -2.04. The number of nitrogens with zero attached hydrogens (tertiary/aromatic N) is 3. The van der Waals surface area contributed by atoms with Crippen molar-refractivity contribution in [3.05, 3.63) is 59.7 Å². The quantitative estimate of drug-likeness (QED) is 0.767. The van der Waals surface area contributed by atoms with E-state index in [1.54, 1.807) is 24.3 Å². The maximum atomic E-state index is 12.7. The Bertz CT molecular complexity index is 985. The van der Waals surface area contributed by atoms with Gasteiger partial charge in [-0.15, -0.1) is 0 Å². The second kappa shape index (κ2) is 6.44. The van der Waals surface area contributed by atoms with Crippen molar-refractivity contribution < 1.29 is 17.9 Å². The molecule has 0 unspecified atom stereocenters. The Balaban J connectivity index is 2.10. The molecule has 0 amide bonds. The summed E-state index contributed by atoms with van der Waals surface area (Å²) in [5.41, 5.74) is 6.48. The zero-order valence-electron chi connectivity index (χ0n) is 13.6. The lowest BCUT2D eigenvalue weighted by Gasteiger charge is -2.07. The molecule has 1 aromatic heterocycles. The molecule has 0 aliphatic heterocycles. The lowest BCUT2D eigenvalue weighted by atomic mass is 10.1. The van der Waals surface area contributed by atoms with E-state index in [-0.39, 0.29) is 17.1 Å². The van der Waals surface area contributed by atoms with E-state index >= 15 is 0 Å². The Hall–Kier alpha value is -3.47. The summed E-state index contributed by atoms with van der Waals surface area (Å²) in [6.07, 6.45) is -4.43. The van der Waals surface area contributed by atoms with Gasteiger partial charge in [0.2, 0.25) is 0 Å². The second-order valence-corrected chi connectivity index (χ2v) is 5.41. The predicted molar refractivity (Wildman–Crippen MR) is 89.7 cm³/mol. The summed E-state index contributed by atoms with van der Waals surface area (Å²) in [6, 6.07) is 13.3. The highest BCUT2D eigenvalue weighted by molar-refractivity contribution is 5.74. The summed E-state index contributed by atoms with van der Waals surface area (Å²) < 4.78 is 44.7. The fraction of sp³-hybridized carbons (Fsp3) is 0.111. The van der Waals surface area contributed by atoms with Crippen LogP contribution in [0.4, 0.5) is 19.0 Å². The first kappa shape index (κ1) is 17.4. The van der Waals surface area contributed by atoms with Gasteiger partial charge in [0.1, 0.15) is 28.9 Å². The minimum atomic E-state index is -4.43. The number of aromatic nitrogens is 2. The van der Waals surface area contributed by atoms with E-state index in [9.17, 15) is 18.4 Å². The highest BCUT2D eigenvalue weighted by atomic mass is 19.4. The second-order valence-electron chi connectivity index (χ2n) is 5.41. The van der Waals surface area contributed by atoms with Crippen molar-refractivity contribution in [3.8, 4) is 28.8 Å². The predicted octanol–water partition coefficient (Wildman–Crippen LogP) is 4.02. The number of anilines is 1. The number of nitrogens with two attached hydrogens (primary N) is 1. The number of benzene rings is 2. The van der Waals surface area contributed by atoms with Crippen LogP contribution >= 0.6 is 0 Å². The molecule has 0 radical (unpaired) electrons. The smallest absolute Gasteiger partial charge is 0.416 e. The summed E-state index contributed by atoms with van der Waals surface area (Å²) in [5, 5.41) is 13.7. The fourth-order valence-electron chi connectivity index (χ4n) is 2.50. The van der Waals surface area contributed by atoms with Crippen molar-refractivity contribution in [1.82, 2.24) is 9.78 Å². The first-order chi connectivity index (χ1) is 12.3. The van der Waals surface area contributed by atoms with Gasteiger partial charge in [0.25, 0.3) is 0 Å². The molecule has 0 aliphatic carbocycles. The van der Waals surface area contributed by atoms with Crippen LogP contribution in [0, 0.1) is 11.3 Å². The van der Waals surface area contributed by atoms with E-state index in [1.165, 1.54) is 23.9 Å². The molecule has 0 aliphatic rings. The average Bonchev–Trinajstić information content (AvgIpc) is 2.97. The number of nitriles is 1. The van der Waals surface area contributed by atoms with Crippen LogP contribution in [0.5, 0.6) is 5.75 Å². The molecule has 0 bridgehead atoms. The molecule has 2 aromatic carbocycles. The van der Waals surface area contributed by atoms with Crippen LogP contribution in [0.2, 0.25) is 0 Å². The van der Waals surface area contributed by atoms with Crippen molar-refractivity contribution in [2.75, 3.05) is 12.8 Å². The van der Waals surface area contributed by atoms with Crippen molar-refractivity contribution in [2.45, 2.75) is 6.18 Å². The highest BCUT2D eigenvalue weighted by Gasteiger charge is 2.30. The SMILES string of the molecule is COc1cccc(-n2nc(-c3ccc(C(F)(F)F)cc3)c(C#N)c2N)c1. The summed E-state index contributed by atoms with van der Waals surface area (Å²) in [6.45, 7) is 0. The largest absolute Gasteiger partial charge is 0.497 e. The minimum Gasteiger partial charge on any atom is -0.497 e. The number of hydrogen-bond acceptors (Lipinski definition) is 4. The van der Waals surface area contributed by atoms with Crippen LogP contribution < -0.4 is 10.5 Å². The van der Waals surface area contributed by atoms with Gasteiger partial charge in [-0.2, -0.15) is 23.5 Å². The van der Waals surface area contributed by atoms with Gasteiger partial charge in [0.05, 0.1) is 18.4 Å². The molecule has 0 saturated heterocycles. The van der Waals surface area contributed by atoms with Gasteiger partial charge in [-0.05, 0) is 24.3 Å². The Labute approximate surface area is 147 Å². The van der Waals surface area contributed by atoms with E-state index in [0.29, 0.717) is 17.0 Å². The standard InChI is InChI=1S/C18H13F3N4O/c1-26-14-4-2-3-13(9-14)25-17(23)15(10-22)16(24-25)11-5-7-12(8-6-11)18(19,20)21/h2-9H,23H2,1H3. The van der Waals surface area contributed by atoms with Crippen molar-refractivity contribution in [2.24, 2.45) is 0 Å². The van der Waals surface area contributed by atoms with Gasteiger partial charge >= 0.3 is 6.18 Å². The van der Waals surface area contributed by atoms with Gasteiger partial charge in [-0.1, -0.05) is 18.2 Å². The number of hydrogen-bond donors (Lipinski definition) is 1. The third-order valence-electron chi connectivity index (χ3n) is 3.82. The molecule has 3 rings (SSSR count). The molecule has 26 heavy (non-hydrogen) atoms. The molecule has 8 heteroatoms. The van der Waals surface area contributed by atoms with Crippen molar-refractivity contribution in [1.29, 1.82) is 5.26 Å². The number of ether oxygens (including phenoxy) is 1. The van der Waals surface area contributed by atoms with Crippen LogP contribution in [0.15, 0.2) is 48.5 Å². The summed E-state index contributed by atoms with van der Waals surface area (Å²) in [7, 11) is 1.51. The maximum absolute atomic E-state index is 12.7. The molecule has 2 N–H and O–H groups in total. The number of halogens is 3. The summed E-state index contributed by atoms with van der Waals surface area (Å²) in [5.74, 6) is 0.669. The number of rotatable bonds is 3. The topological polar surface area (TPSA) is 76.9 Å². The van der Waals surface area contributed by atoms with Crippen LogP contribution in [0.1, 0.15) is 11.1 Å². The van der Waals surface area contributed by atoms with Crippen molar-refractivity contribution >= 4 is 5.82 Å². The highest BCUT2D eigenvalue weighted by Crippen LogP contribution is 2.33. The minimum absolute atomic E-state index is 0.0904. The van der Waals surface area contributed by atoms with Crippen LogP contribution in [-0.2, 0) is 6.18 Å². The molecular weight excluding hydrogens is 345 g/mol.